The molecule has 0 radical (unpaired) electrons. The number of piperidine rings is 1. The molecular formula is C12H16F2N2O2S. The number of halogens is 2. The fraction of sp³-hybridized carbons (Fsp3) is 0.500. The van der Waals surface area contributed by atoms with Crippen LogP contribution in [-0.4, -0.2) is 26.8 Å². The van der Waals surface area contributed by atoms with Crippen LogP contribution in [-0.2, 0) is 10.0 Å². The van der Waals surface area contributed by atoms with Crippen LogP contribution in [0.3, 0.4) is 0 Å². The Morgan fingerprint density at radius 3 is 2.79 bits per heavy atom. The summed E-state index contributed by atoms with van der Waals surface area (Å²) >= 11 is 0. The molecule has 1 fully saturated rings. The van der Waals surface area contributed by atoms with Gasteiger partial charge in [-0.1, -0.05) is 12.5 Å². The average Bonchev–Trinajstić information content (AvgIpc) is 2.35. The molecule has 1 aliphatic heterocycles. The molecule has 4 nitrogen and oxygen atoms in total. The maximum absolute atomic E-state index is 13.4. The Morgan fingerprint density at radius 2 is 2.11 bits per heavy atom. The zero-order valence-corrected chi connectivity index (χ0v) is 11.1. The molecule has 2 N–H and O–H groups in total. The molecule has 1 saturated heterocycles. The van der Waals surface area contributed by atoms with Gasteiger partial charge in [0.1, 0.15) is 0 Å². The first-order valence-corrected chi connectivity index (χ1v) is 7.81. The summed E-state index contributed by atoms with van der Waals surface area (Å²) in [5.74, 6) is -2.39. The van der Waals surface area contributed by atoms with Crippen LogP contribution in [0.1, 0.15) is 19.3 Å². The number of nitrogens with one attached hydrogen (secondary N) is 2. The van der Waals surface area contributed by atoms with Crippen LogP contribution in [0.25, 0.3) is 0 Å². The summed E-state index contributed by atoms with van der Waals surface area (Å²) in [5, 5.41) is 3.10. The van der Waals surface area contributed by atoms with Crippen molar-refractivity contribution in [3.63, 3.8) is 0 Å². The Morgan fingerprint density at radius 1 is 1.32 bits per heavy atom. The summed E-state index contributed by atoms with van der Waals surface area (Å²) in [7, 11) is -3.69. The van der Waals surface area contributed by atoms with Gasteiger partial charge in [-0.05, 0) is 31.5 Å². The van der Waals surface area contributed by atoms with Crippen molar-refractivity contribution in [1.82, 2.24) is 5.32 Å². The van der Waals surface area contributed by atoms with Gasteiger partial charge in [-0.25, -0.2) is 17.2 Å². The van der Waals surface area contributed by atoms with Gasteiger partial charge < -0.3 is 5.32 Å². The minimum Gasteiger partial charge on any atom is -0.313 e. The maximum atomic E-state index is 13.4. The lowest BCUT2D eigenvalue weighted by atomic mass is 10.1. The molecule has 106 valence electrons. The fourth-order valence-corrected chi connectivity index (χ4v) is 3.51. The van der Waals surface area contributed by atoms with Crippen molar-refractivity contribution in [3.05, 3.63) is 29.8 Å². The van der Waals surface area contributed by atoms with E-state index in [1.807, 2.05) is 0 Å². The molecule has 1 aromatic carbocycles. The van der Waals surface area contributed by atoms with Gasteiger partial charge in [0.2, 0.25) is 10.0 Å². The Labute approximate surface area is 111 Å². The Bertz CT molecular complexity index is 543. The van der Waals surface area contributed by atoms with Crippen molar-refractivity contribution >= 4 is 15.7 Å². The van der Waals surface area contributed by atoms with E-state index >= 15 is 0 Å². The highest BCUT2D eigenvalue weighted by molar-refractivity contribution is 7.92. The lowest BCUT2D eigenvalue weighted by Gasteiger charge is -2.23. The molecule has 1 aliphatic rings. The largest absolute Gasteiger partial charge is 0.313 e. The van der Waals surface area contributed by atoms with Crippen molar-refractivity contribution in [2.45, 2.75) is 25.3 Å². The van der Waals surface area contributed by atoms with Gasteiger partial charge in [0.15, 0.2) is 11.6 Å². The van der Waals surface area contributed by atoms with Gasteiger partial charge in [-0.3, -0.25) is 4.72 Å². The van der Waals surface area contributed by atoms with E-state index in [9.17, 15) is 17.2 Å². The van der Waals surface area contributed by atoms with Crippen LogP contribution in [0, 0.1) is 11.6 Å². The molecule has 0 saturated carbocycles. The molecule has 0 amide bonds. The molecule has 0 aromatic heterocycles. The Balaban J connectivity index is 2.06. The zero-order chi connectivity index (χ0) is 13.9. The molecule has 0 spiro atoms. The topological polar surface area (TPSA) is 58.2 Å². The molecule has 19 heavy (non-hydrogen) atoms. The molecule has 2 rings (SSSR count). The number of sulfonamides is 1. The van der Waals surface area contributed by atoms with Gasteiger partial charge in [0.05, 0.1) is 11.4 Å². The highest BCUT2D eigenvalue weighted by Crippen LogP contribution is 2.19. The van der Waals surface area contributed by atoms with E-state index in [1.165, 1.54) is 12.1 Å². The van der Waals surface area contributed by atoms with E-state index in [-0.39, 0.29) is 17.5 Å². The normalized spacial score (nSPS) is 20.2. The van der Waals surface area contributed by atoms with Crippen LogP contribution in [0.15, 0.2) is 18.2 Å². The van der Waals surface area contributed by atoms with Crippen LogP contribution in [0.5, 0.6) is 0 Å². The van der Waals surface area contributed by atoms with Crippen LogP contribution >= 0.6 is 0 Å². The van der Waals surface area contributed by atoms with E-state index in [2.05, 4.69) is 10.0 Å². The Kier molecular flexibility index (Phi) is 4.36. The third-order valence-corrected chi connectivity index (χ3v) is 4.42. The quantitative estimate of drug-likeness (QED) is 0.889. The lowest BCUT2D eigenvalue weighted by molar-refractivity contribution is 0.424. The fourth-order valence-electron chi connectivity index (χ4n) is 2.12. The summed E-state index contributed by atoms with van der Waals surface area (Å²) in [6.07, 6.45) is 2.77. The van der Waals surface area contributed by atoms with Crippen molar-refractivity contribution in [2.75, 3.05) is 17.0 Å². The van der Waals surface area contributed by atoms with Gasteiger partial charge in [-0.15, -0.1) is 0 Å². The van der Waals surface area contributed by atoms with Crippen LogP contribution in [0.2, 0.25) is 0 Å². The highest BCUT2D eigenvalue weighted by Gasteiger charge is 2.22. The van der Waals surface area contributed by atoms with Gasteiger partial charge in [0.25, 0.3) is 0 Å². The minimum absolute atomic E-state index is 0.136. The SMILES string of the molecule is O=S(=O)(CC1CCCCN1)Nc1cccc(F)c1F. The number of hydrogen-bond acceptors (Lipinski definition) is 3. The van der Waals surface area contributed by atoms with E-state index in [0.717, 1.165) is 31.9 Å². The molecule has 1 atom stereocenters. The third kappa shape index (κ3) is 3.87. The van der Waals surface area contributed by atoms with Gasteiger partial charge >= 0.3 is 0 Å². The first kappa shape index (κ1) is 14.2. The second kappa shape index (κ2) is 5.83. The first-order chi connectivity index (χ1) is 8.98. The lowest BCUT2D eigenvalue weighted by Crippen LogP contribution is -2.40. The predicted octanol–water partition coefficient (Wildman–Crippen LogP) is 1.85. The van der Waals surface area contributed by atoms with Crippen molar-refractivity contribution in [3.8, 4) is 0 Å². The van der Waals surface area contributed by atoms with Gasteiger partial charge in [0, 0.05) is 6.04 Å². The Hall–Kier alpha value is -1.21. The van der Waals surface area contributed by atoms with Crippen molar-refractivity contribution < 1.29 is 17.2 Å². The molecule has 0 bridgehead atoms. The molecule has 1 aromatic rings. The van der Waals surface area contributed by atoms with Crippen LogP contribution in [0.4, 0.5) is 14.5 Å². The third-order valence-electron chi connectivity index (χ3n) is 3.05. The number of benzene rings is 1. The molecule has 0 aliphatic carbocycles. The van der Waals surface area contributed by atoms with Crippen molar-refractivity contribution in [1.29, 1.82) is 0 Å². The first-order valence-electron chi connectivity index (χ1n) is 6.16. The standard InChI is InChI=1S/C12H16F2N2O2S/c13-10-5-3-6-11(12(10)14)16-19(17,18)8-9-4-1-2-7-15-9/h3,5-6,9,15-16H,1-2,4,7-8H2. The molecule has 7 heteroatoms. The maximum Gasteiger partial charge on any atom is 0.234 e. The zero-order valence-electron chi connectivity index (χ0n) is 10.3. The second-order valence-electron chi connectivity index (χ2n) is 4.63. The van der Waals surface area contributed by atoms with E-state index in [4.69, 9.17) is 0 Å². The number of rotatable bonds is 4. The highest BCUT2D eigenvalue weighted by atomic mass is 32.2. The number of hydrogen-bond donors (Lipinski definition) is 2. The second-order valence-corrected chi connectivity index (χ2v) is 6.40. The summed E-state index contributed by atoms with van der Waals surface area (Å²) in [6.45, 7) is 0.786. The van der Waals surface area contributed by atoms with E-state index in [1.54, 1.807) is 0 Å². The average molecular weight is 290 g/mol. The predicted molar refractivity (Wildman–Crippen MR) is 69.4 cm³/mol. The summed E-state index contributed by atoms with van der Waals surface area (Å²) in [6, 6.07) is 3.26. The smallest absolute Gasteiger partial charge is 0.234 e. The molecular weight excluding hydrogens is 274 g/mol. The van der Waals surface area contributed by atoms with E-state index < -0.39 is 21.7 Å². The van der Waals surface area contributed by atoms with Crippen molar-refractivity contribution in [2.24, 2.45) is 0 Å². The molecule has 1 unspecified atom stereocenters. The monoisotopic (exact) mass is 290 g/mol. The minimum atomic E-state index is -3.69. The summed E-state index contributed by atoms with van der Waals surface area (Å²) < 4.78 is 52.3. The number of anilines is 1. The summed E-state index contributed by atoms with van der Waals surface area (Å²) in [5.41, 5.74) is -0.351. The summed E-state index contributed by atoms with van der Waals surface area (Å²) in [4.78, 5) is 0. The molecule has 1 heterocycles. The van der Waals surface area contributed by atoms with Crippen LogP contribution < -0.4 is 10.0 Å². The van der Waals surface area contributed by atoms with Gasteiger partial charge in [-0.2, -0.15) is 0 Å². The van der Waals surface area contributed by atoms with E-state index in [0.29, 0.717) is 0 Å².